The zero-order valence-electron chi connectivity index (χ0n) is 55.5. The Kier molecular flexibility index (Phi) is 20.4. The number of hydrogen-bond donors (Lipinski definition) is 4. The number of likely N-dealkylation sites (tertiary alicyclic amines) is 2. The lowest BCUT2D eigenvalue weighted by Crippen LogP contribution is -2.52. The fourth-order valence-corrected chi connectivity index (χ4v) is 22.3. The highest BCUT2D eigenvalue weighted by molar-refractivity contribution is 5.78. The molecule has 0 aromatic rings. The second kappa shape index (κ2) is 27.0. The fraction of sp³-hybridized carbons (Fsp3) is 0.853. The number of carbonyl (C=O) groups is 3. The monoisotopic (exact) mass is 1190 g/mol. The molecular formula is C75H120N4O7. The van der Waals surface area contributed by atoms with E-state index in [1.807, 2.05) is 6.92 Å². The Bertz CT molecular complexity index is 2570. The van der Waals surface area contributed by atoms with E-state index >= 15 is 0 Å². The third-order valence-corrected chi connectivity index (χ3v) is 26.9. The highest BCUT2D eigenvalue weighted by Crippen LogP contribution is 2.67. The Morgan fingerprint density at radius 1 is 0.605 bits per heavy atom. The van der Waals surface area contributed by atoms with Crippen LogP contribution in [-0.2, 0) is 23.9 Å². The number of unbranched alkanes of at least 4 members (excludes halogenated alkanes) is 4. The van der Waals surface area contributed by atoms with Gasteiger partial charge in [0.05, 0.1) is 35.6 Å². The third-order valence-electron chi connectivity index (χ3n) is 26.9. The number of piperidine rings is 2. The lowest BCUT2D eigenvalue weighted by molar-refractivity contribution is -0.121. The number of ketones is 2. The summed E-state index contributed by atoms with van der Waals surface area (Å²) < 4.78 is 14.6. The quantitative estimate of drug-likeness (QED) is 0.0684. The standard InChI is InChI=1S/C39H62N2O4.C36H58N2O3/c1-6-36(44)40-19-9-7-8-11-29(42)12-10-20-41-24-25(2)21-35-37(41)27(4)39(45-35)18-16-31-32-14-13-28-22-30(43)15-17-38(28,5)34(32)23-33(31)26(39)3;1-23-19-33-34(38(22-23)18-8-10-27(39)9-6-5-7-17-37)25(3)36(41-33)16-14-29-30-12-11-26-20-28(40)13-15-35(26,4)32(30)21-31(29)24(36)2/h13,25,27,30-32,34-35,37,43H,6-12,14-24H2,1-5H3,(H,40,44);11,23,25,28-30,32-34,40H,5-10,12-22,37H2,1-4H3/t25-,27+,30-,31-,32-,34-,35+,37-,38-,39-;23-,25+,28-,29-,30-,32-,33+,34-,35-,36-/m00/s1. The first-order chi connectivity index (χ1) is 41.2. The Balaban J connectivity index is 0.000000179. The summed E-state index contributed by atoms with van der Waals surface area (Å²) in [6.45, 7) is 27.3. The second-order valence-corrected chi connectivity index (χ2v) is 31.8. The van der Waals surface area contributed by atoms with Crippen LogP contribution in [0.4, 0.5) is 0 Å². The number of aliphatic hydroxyl groups excluding tert-OH is 2. The van der Waals surface area contributed by atoms with Crippen LogP contribution >= 0.6 is 0 Å². The van der Waals surface area contributed by atoms with E-state index in [-0.39, 0.29) is 46.3 Å². The minimum absolute atomic E-state index is 0.107. The highest BCUT2D eigenvalue weighted by atomic mass is 16.5. The molecule has 5 N–H and O–H groups in total. The van der Waals surface area contributed by atoms with Crippen molar-refractivity contribution in [1.82, 2.24) is 15.1 Å². The van der Waals surface area contributed by atoms with Gasteiger partial charge in [0.15, 0.2) is 0 Å². The van der Waals surface area contributed by atoms with Crippen molar-refractivity contribution in [3.8, 4) is 0 Å². The molecule has 8 aliphatic carbocycles. The molecule has 12 rings (SSSR count). The number of rotatable bonds is 20. The van der Waals surface area contributed by atoms with Gasteiger partial charge >= 0.3 is 0 Å². The van der Waals surface area contributed by atoms with Gasteiger partial charge < -0.3 is 30.7 Å². The van der Waals surface area contributed by atoms with Crippen LogP contribution in [0.5, 0.6) is 0 Å². The van der Waals surface area contributed by atoms with Gasteiger partial charge in [0.2, 0.25) is 5.91 Å². The van der Waals surface area contributed by atoms with Crippen molar-refractivity contribution in [2.24, 2.45) is 75.7 Å². The van der Waals surface area contributed by atoms with Gasteiger partial charge in [-0.1, -0.05) is 95.8 Å². The van der Waals surface area contributed by atoms with E-state index in [9.17, 15) is 24.6 Å². The predicted molar refractivity (Wildman–Crippen MR) is 345 cm³/mol. The van der Waals surface area contributed by atoms with E-state index in [2.05, 4.69) is 82.7 Å². The van der Waals surface area contributed by atoms with E-state index in [0.29, 0.717) is 90.9 Å². The first-order valence-electron chi connectivity index (χ1n) is 36.2. The summed E-state index contributed by atoms with van der Waals surface area (Å²) in [5, 5.41) is 23.8. The number of nitrogens with zero attached hydrogens (tertiary/aromatic N) is 2. The van der Waals surface area contributed by atoms with Gasteiger partial charge in [-0.2, -0.15) is 0 Å². The van der Waals surface area contributed by atoms with Gasteiger partial charge in [0.1, 0.15) is 11.6 Å². The van der Waals surface area contributed by atoms with Crippen molar-refractivity contribution in [2.75, 3.05) is 39.3 Å². The molecule has 11 heteroatoms. The van der Waals surface area contributed by atoms with Gasteiger partial charge in [0.25, 0.3) is 0 Å². The van der Waals surface area contributed by atoms with Crippen molar-refractivity contribution in [3.05, 3.63) is 45.6 Å². The van der Waals surface area contributed by atoms with E-state index in [4.69, 9.17) is 15.2 Å². The number of aliphatic hydroxyl groups is 2. The Labute approximate surface area is 521 Å². The molecule has 0 unspecified atom stereocenters. The largest absolute Gasteiger partial charge is 0.393 e. The minimum atomic E-state index is -0.148. The summed E-state index contributed by atoms with van der Waals surface area (Å²) in [6.07, 6.45) is 34.6. The number of Topliss-reactive ketones (excluding diaryl/α,β-unsaturated/α-hetero) is 2. The summed E-state index contributed by atoms with van der Waals surface area (Å²) in [7, 11) is 0. The number of allylic oxidation sites excluding steroid dienone is 4. The minimum Gasteiger partial charge on any atom is -0.393 e. The van der Waals surface area contributed by atoms with Gasteiger partial charge in [-0.25, -0.2) is 0 Å². The van der Waals surface area contributed by atoms with Crippen LogP contribution in [0.15, 0.2) is 45.6 Å². The summed E-state index contributed by atoms with van der Waals surface area (Å²) >= 11 is 0. The Hall–Kier alpha value is -2.51. The van der Waals surface area contributed by atoms with Gasteiger partial charge in [-0.05, 0) is 244 Å². The van der Waals surface area contributed by atoms with Gasteiger partial charge in [-0.3, -0.25) is 24.2 Å². The smallest absolute Gasteiger partial charge is 0.219 e. The number of hydrogen-bond acceptors (Lipinski definition) is 10. The number of ether oxygens (including phenoxy) is 2. The molecule has 4 aliphatic heterocycles. The molecule has 0 aromatic heterocycles. The molecule has 0 aromatic carbocycles. The molecule has 11 nitrogen and oxygen atoms in total. The molecule has 1 amide bonds. The molecule has 4 saturated heterocycles. The maximum atomic E-state index is 12.7. The Morgan fingerprint density at radius 2 is 1.05 bits per heavy atom. The van der Waals surface area contributed by atoms with Crippen LogP contribution in [-0.4, -0.2) is 124 Å². The molecule has 12 aliphatic rings. The van der Waals surface area contributed by atoms with E-state index < -0.39 is 0 Å². The number of amides is 1. The fourth-order valence-electron chi connectivity index (χ4n) is 22.3. The predicted octanol–water partition coefficient (Wildman–Crippen LogP) is 13.7. The van der Waals surface area contributed by atoms with Crippen LogP contribution < -0.4 is 11.1 Å². The lowest BCUT2D eigenvalue weighted by atomic mass is 9.56. The second-order valence-electron chi connectivity index (χ2n) is 31.8. The molecule has 8 fully saturated rings. The molecule has 482 valence electrons. The first kappa shape index (κ1) is 65.0. The van der Waals surface area contributed by atoms with Crippen LogP contribution in [0, 0.1) is 70.0 Å². The molecule has 86 heavy (non-hydrogen) atoms. The highest BCUT2D eigenvalue weighted by Gasteiger charge is 2.64. The molecule has 2 spiro atoms. The molecule has 4 heterocycles. The van der Waals surface area contributed by atoms with Gasteiger partial charge in [0, 0.05) is 75.7 Å². The van der Waals surface area contributed by atoms with Crippen LogP contribution in [0.25, 0.3) is 0 Å². The van der Waals surface area contributed by atoms with E-state index in [1.165, 1.54) is 44.9 Å². The van der Waals surface area contributed by atoms with Crippen molar-refractivity contribution in [2.45, 2.75) is 296 Å². The number of carbonyl (C=O) groups excluding carboxylic acids is 3. The zero-order chi connectivity index (χ0) is 60.9. The molecule has 0 radical (unpaired) electrons. The molecule has 20 atom stereocenters. The molecule has 0 bridgehead atoms. The molecule has 4 saturated carbocycles. The van der Waals surface area contributed by atoms with Crippen LogP contribution in [0.2, 0.25) is 0 Å². The topological polar surface area (TPSA) is 155 Å². The average Bonchev–Trinajstić information content (AvgIpc) is 2.91. The molecular weight excluding hydrogens is 1070 g/mol. The van der Waals surface area contributed by atoms with Crippen molar-refractivity contribution < 1.29 is 34.1 Å². The van der Waals surface area contributed by atoms with Crippen molar-refractivity contribution in [3.63, 3.8) is 0 Å². The maximum absolute atomic E-state index is 12.7. The number of fused-ring (bicyclic) bond motifs is 12. The van der Waals surface area contributed by atoms with E-state index in [0.717, 1.165) is 179 Å². The average molecular weight is 1190 g/mol. The van der Waals surface area contributed by atoms with Gasteiger partial charge in [-0.15, -0.1) is 0 Å². The van der Waals surface area contributed by atoms with Crippen molar-refractivity contribution in [1.29, 1.82) is 0 Å². The maximum Gasteiger partial charge on any atom is 0.219 e. The Morgan fingerprint density at radius 3 is 1.49 bits per heavy atom. The summed E-state index contributed by atoms with van der Waals surface area (Å²) in [5.74, 6) is 7.50. The summed E-state index contributed by atoms with van der Waals surface area (Å²) in [5.41, 5.74) is 15.6. The van der Waals surface area contributed by atoms with E-state index in [1.54, 1.807) is 33.4 Å². The lowest BCUT2D eigenvalue weighted by Gasteiger charge is -2.49. The van der Waals surface area contributed by atoms with Crippen molar-refractivity contribution >= 4 is 17.5 Å². The number of nitrogens with two attached hydrogens (primary N) is 1. The third kappa shape index (κ3) is 12.4. The SMILES string of the molecule is CC1=C2C[C@H]3[C@@H](CC=C4C[C@@H](O)CC[C@@]43C)[C@@H]2CC[C@]12O[C@@H]1C[C@H](C)CN(CCCC(=O)CCCCCN)[C@H]1[C@H]2C.CCC(=O)NCCCCCC(=O)CCCN1C[C@@H](C)C[C@H]2O[C@]3(CC[C@@H]4C(=C3C)C[C@H]3[C@H]4CC=C4C[C@@H](O)CC[C@@]43C)[C@H](C)[C@@H]21. The summed E-state index contributed by atoms with van der Waals surface area (Å²) in [4.78, 5) is 42.1. The van der Waals surface area contributed by atoms with Crippen LogP contribution in [0.3, 0.4) is 0 Å². The van der Waals surface area contributed by atoms with Crippen LogP contribution in [0.1, 0.15) is 249 Å². The first-order valence-corrected chi connectivity index (χ1v) is 36.2. The number of nitrogens with one attached hydrogen (secondary N) is 1. The zero-order valence-corrected chi connectivity index (χ0v) is 55.5. The summed E-state index contributed by atoms with van der Waals surface area (Å²) in [6, 6.07) is 0.906. The normalized spacial score (nSPS) is 42.3.